The molecular formula is C16H16F3N5O. The van der Waals surface area contributed by atoms with Crippen molar-refractivity contribution >= 4 is 17.4 Å². The highest BCUT2D eigenvalue weighted by atomic mass is 19.4. The van der Waals surface area contributed by atoms with Crippen molar-refractivity contribution < 1.29 is 18.0 Å². The summed E-state index contributed by atoms with van der Waals surface area (Å²) in [5.74, 6) is -0.304. The van der Waals surface area contributed by atoms with Gasteiger partial charge in [0.05, 0.1) is 17.4 Å². The zero-order valence-corrected chi connectivity index (χ0v) is 13.2. The van der Waals surface area contributed by atoms with E-state index in [2.05, 4.69) is 25.5 Å². The Hall–Kier alpha value is -2.68. The van der Waals surface area contributed by atoms with Gasteiger partial charge in [0.15, 0.2) is 0 Å². The van der Waals surface area contributed by atoms with E-state index in [1.807, 2.05) is 6.07 Å². The number of hydrogen-bond donors (Lipinski definition) is 2. The number of amides is 1. The smallest absolute Gasteiger partial charge is 0.368 e. The molecule has 0 radical (unpaired) electrons. The maximum Gasteiger partial charge on any atom is 0.417 e. The van der Waals surface area contributed by atoms with Crippen LogP contribution < -0.4 is 15.5 Å². The SMILES string of the molecule is O=C(Nc1ccc(N2CCNCC2)cn1)c1ccc(C(F)(F)F)cn1. The molecule has 0 aromatic carbocycles. The Kier molecular flexibility index (Phi) is 4.84. The molecule has 1 aliphatic heterocycles. The van der Waals surface area contributed by atoms with Gasteiger partial charge >= 0.3 is 6.18 Å². The molecule has 1 amide bonds. The second-order valence-corrected chi connectivity index (χ2v) is 5.52. The van der Waals surface area contributed by atoms with E-state index in [9.17, 15) is 18.0 Å². The van der Waals surface area contributed by atoms with Crippen LogP contribution in [-0.4, -0.2) is 42.1 Å². The lowest BCUT2D eigenvalue weighted by atomic mass is 10.2. The Morgan fingerprint density at radius 2 is 1.84 bits per heavy atom. The van der Waals surface area contributed by atoms with Crippen LogP contribution in [-0.2, 0) is 6.18 Å². The molecule has 0 bridgehead atoms. The molecule has 25 heavy (non-hydrogen) atoms. The first kappa shape index (κ1) is 17.2. The number of pyridine rings is 2. The number of hydrogen-bond acceptors (Lipinski definition) is 5. The van der Waals surface area contributed by atoms with E-state index in [1.165, 1.54) is 0 Å². The van der Waals surface area contributed by atoms with Gasteiger partial charge in [-0.3, -0.25) is 9.78 Å². The number of nitrogens with one attached hydrogen (secondary N) is 2. The predicted molar refractivity (Wildman–Crippen MR) is 86.5 cm³/mol. The summed E-state index contributed by atoms with van der Waals surface area (Å²) in [6, 6.07) is 5.35. The number of rotatable bonds is 3. The minimum atomic E-state index is -4.48. The van der Waals surface area contributed by atoms with Gasteiger partial charge in [0.1, 0.15) is 11.5 Å². The van der Waals surface area contributed by atoms with Gasteiger partial charge in [0.25, 0.3) is 5.91 Å². The first-order chi connectivity index (χ1) is 11.9. The molecule has 1 aliphatic rings. The second kappa shape index (κ2) is 7.06. The molecule has 0 aliphatic carbocycles. The number of nitrogens with zero attached hydrogens (tertiary/aromatic N) is 3. The highest BCUT2D eigenvalue weighted by Gasteiger charge is 2.30. The lowest BCUT2D eigenvalue weighted by Gasteiger charge is -2.29. The molecule has 1 fully saturated rings. The van der Waals surface area contributed by atoms with Crippen LogP contribution in [0.5, 0.6) is 0 Å². The third-order valence-corrected chi connectivity index (χ3v) is 3.80. The molecule has 3 rings (SSSR count). The molecule has 0 spiro atoms. The molecule has 0 saturated carbocycles. The Balaban J connectivity index is 1.64. The van der Waals surface area contributed by atoms with Gasteiger partial charge in [-0.05, 0) is 24.3 Å². The van der Waals surface area contributed by atoms with Crippen molar-refractivity contribution in [3.8, 4) is 0 Å². The van der Waals surface area contributed by atoms with E-state index in [4.69, 9.17) is 0 Å². The van der Waals surface area contributed by atoms with Crippen molar-refractivity contribution in [2.45, 2.75) is 6.18 Å². The Bertz CT molecular complexity index is 725. The van der Waals surface area contributed by atoms with E-state index in [0.717, 1.165) is 44.0 Å². The summed E-state index contributed by atoms with van der Waals surface area (Å²) < 4.78 is 37.5. The highest BCUT2D eigenvalue weighted by molar-refractivity contribution is 6.02. The van der Waals surface area contributed by atoms with Gasteiger partial charge < -0.3 is 15.5 Å². The summed E-state index contributed by atoms with van der Waals surface area (Å²) in [4.78, 5) is 22.0. The van der Waals surface area contributed by atoms with Crippen LogP contribution in [0.25, 0.3) is 0 Å². The zero-order valence-electron chi connectivity index (χ0n) is 13.2. The minimum Gasteiger partial charge on any atom is -0.368 e. The van der Waals surface area contributed by atoms with Crippen LogP contribution in [0.2, 0.25) is 0 Å². The largest absolute Gasteiger partial charge is 0.417 e. The average molecular weight is 351 g/mol. The number of aromatic nitrogens is 2. The van der Waals surface area contributed by atoms with Crippen LogP contribution in [0, 0.1) is 0 Å². The van der Waals surface area contributed by atoms with Gasteiger partial charge in [0.2, 0.25) is 0 Å². The summed E-state index contributed by atoms with van der Waals surface area (Å²) in [5.41, 5.74) is -0.0596. The third kappa shape index (κ3) is 4.24. The molecule has 6 nitrogen and oxygen atoms in total. The van der Waals surface area contributed by atoms with Crippen LogP contribution in [0.15, 0.2) is 36.7 Å². The van der Waals surface area contributed by atoms with Crippen LogP contribution in [0.1, 0.15) is 16.1 Å². The molecule has 9 heteroatoms. The lowest BCUT2D eigenvalue weighted by molar-refractivity contribution is -0.137. The molecule has 132 valence electrons. The number of alkyl halides is 3. The summed E-state index contributed by atoms with van der Waals surface area (Å²) in [7, 11) is 0. The van der Waals surface area contributed by atoms with Crippen molar-refractivity contribution in [1.29, 1.82) is 0 Å². The van der Waals surface area contributed by atoms with E-state index in [1.54, 1.807) is 12.3 Å². The van der Waals surface area contributed by atoms with E-state index in [0.29, 0.717) is 12.0 Å². The van der Waals surface area contributed by atoms with E-state index >= 15 is 0 Å². The second-order valence-electron chi connectivity index (χ2n) is 5.52. The maximum atomic E-state index is 12.5. The summed E-state index contributed by atoms with van der Waals surface area (Å²) >= 11 is 0. The molecule has 2 aromatic rings. The lowest BCUT2D eigenvalue weighted by Crippen LogP contribution is -2.43. The number of piperazine rings is 1. The quantitative estimate of drug-likeness (QED) is 0.887. The van der Waals surface area contributed by atoms with Crippen LogP contribution in [0.4, 0.5) is 24.7 Å². The van der Waals surface area contributed by atoms with Gasteiger partial charge in [0, 0.05) is 32.4 Å². The Morgan fingerprint density at radius 3 is 2.40 bits per heavy atom. The molecule has 2 aromatic heterocycles. The van der Waals surface area contributed by atoms with Crippen molar-refractivity contribution in [2.24, 2.45) is 0 Å². The van der Waals surface area contributed by atoms with Gasteiger partial charge in [-0.15, -0.1) is 0 Å². The number of halogens is 3. The van der Waals surface area contributed by atoms with Crippen molar-refractivity contribution in [3.63, 3.8) is 0 Å². The topological polar surface area (TPSA) is 70.2 Å². The van der Waals surface area contributed by atoms with Crippen LogP contribution >= 0.6 is 0 Å². The van der Waals surface area contributed by atoms with Crippen LogP contribution in [0.3, 0.4) is 0 Å². The Labute approximate surface area is 142 Å². The normalized spacial score (nSPS) is 15.1. The molecule has 1 saturated heterocycles. The third-order valence-electron chi connectivity index (χ3n) is 3.80. The first-order valence-corrected chi connectivity index (χ1v) is 7.70. The zero-order chi connectivity index (χ0) is 17.9. The summed E-state index contributed by atoms with van der Waals surface area (Å²) in [5, 5.41) is 5.78. The van der Waals surface area contributed by atoms with Crippen molar-refractivity contribution in [3.05, 3.63) is 47.9 Å². The van der Waals surface area contributed by atoms with E-state index in [-0.39, 0.29) is 5.69 Å². The number of carbonyl (C=O) groups excluding carboxylic acids is 1. The first-order valence-electron chi connectivity index (χ1n) is 7.70. The van der Waals surface area contributed by atoms with E-state index < -0.39 is 17.6 Å². The summed E-state index contributed by atoms with van der Waals surface area (Å²) in [6.45, 7) is 3.56. The van der Waals surface area contributed by atoms with Gasteiger partial charge in [-0.1, -0.05) is 0 Å². The fourth-order valence-electron chi connectivity index (χ4n) is 2.45. The molecule has 0 unspecified atom stereocenters. The number of carbonyl (C=O) groups is 1. The monoisotopic (exact) mass is 351 g/mol. The summed E-state index contributed by atoms with van der Waals surface area (Å²) in [6.07, 6.45) is -2.19. The molecular weight excluding hydrogens is 335 g/mol. The minimum absolute atomic E-state index is 0.110. The number of anilines is 2. The van der Waals surface area contributed by atoms with Gasteiger partial charge in [-0.25, -0.2) is 4.98 Å². The highest BCUT2D eigenvalue weighted by Crippen LogP contribution is 2.28. The molecule has 3 heterocycles. The molecule has 0 atom stereocenters. The van der Waals surface area contributed by atoms with Crippen molar-refractivity contribution in [2.75, 3.05) is 36.4 Å². The fourth-order valence-corrected chi connectivity index (χ4v) is 2.45. The standard InChI is InChI=1S/C16H16F3N5O/c17-16(18,19)11-1-3-13(21-9-11)15(25)23-14-4-2-12(10-22-14)24-7-5-20-6-8-24/h1-4,9-10,20H,5-8H2,(H,22,23,25). The van der Waals surface area contributed by atoms with Gasteiger partial charge in [-0.2, -0.15) is 13.2 Å². The average Bonchev–Trinajstić information content (AvgIpc) is 2.62. The fraction of sp³-hybridized carbons (Fsp3) is 0.312. The maximum absolute atomic E-state index is 12.5. The molecule has 2 N–H and O–H groups in total. The van der Waals surface area contributed by atoms with Crippen molar-refractivity contribution in [1.82, 2.24) is 15.3 Å². The predicted octanol–water partition coefficient (Wildman–Crippen LogP) is 2.16. The Morgan fingerprint density at radius 1 is 1.08 bits per heavy atom.